The van der Waals surface area contributed by atoms with Gasteiger partial charge in [0.25, 0.3) is 0 Å². The Labute approximate surface area is 59.4 Å². The number of rotatable bonds is 0. The molecule has 0 saturated heterocycles. The van der Waals surface area contributed by atoms with Gasteiger partial charge in [-0.25, -0.2) is 9.97 Å². The van der Waals surface area contributed by atoms with Crippen molar-refractivity contribution in [2.75, 3.05) is 0 Å². The van der Waals surface area contributed by atoms with Gasteiger partial charge in [-0.05, 0) is 19.4 Å². The van der Waals surface area contributed by atoms with Crippen molar-refractivity contribution >= 4 is 0 Å². The Morgan fingerprint density at radius 1 is 1.50 bits per heavy atom. The van der Waals surface area contributed by atoms with Gasteiger partial charge in [-0.3, -0.25) is 0 Å². The molecule has 0 N–H and O–H groups in total. The van der Waals surface area contributed by atoms with Crippen molar-refractivity contribution in [3.63, 3.8) is 0 Å². The number of aromatic nitrogens is 2. The molecule has 0 aliphatic heterocycles. The summed E-state index contributed by atoms with van der Waals surface area (Å²) in [4.78, 5) is 7.70. The molecule has 50 valence electrons. The van der Waals surface area contributed by atoms with Crippen LogP contribution in [-0.4, -0.2) is 9.97 Å². The average molecular weight is 133 g/mol. The molecule has 1 aromatic rings. The standard InChI is InChI=1S/C7H7N3/c1-5-4-9-7(3-8)10-6(5)2/h4H,1-2H3. The molecule has 1 rings (SSSR count). The normalized spacial score (nSPS) is 8.90. The van der Waals surface area contributed by atoms with Gasteiger partial charge in [0.1, 0.15) is 6.07 Å². The van der Waals surface area contributed by atoms with E-state index in [0.717, 1.165) is 11.3 Å². The van der Waals surface area contributed by atoms with Crippen LogP contribution in [0.15, 0.2) is 6.20 Å². The molecule has 0 unspecified atom stereocenters. The number of hydrogen-bond acceptors (Lipinski definition) is 3. The van der Waals surface area contributed by atoms with E-state index in [1.54, 1.807) is 6.20 Å². The minimum atomic E-state index is 0.239. The van der Waals surface area contributed by atoms with Gasteiger partial charge >= 0.3 is 0 Å². The lowest BCUT2D eigenvalue weighted by Gasteiger charge is -1.94. The first-order valence-electron chi connectivity index (χ1n) is 2.94. The fourth-order valence-corrected chi connectivity index (χ4v) is 0.581. The van der Waals surface area contributed by atoms with E-state index in [4.69, 9.17) is 5.26 Å². The highest BCUT2D eigenvalue weighted by atomic mass is 14.9. The van der Waals surface area contributed by atoms with Crippen molar-refractivity contribution in [1.29, 1.82) is 5.26 Å². The van der Waals surface area contributed by atoms with E-state index in [2.05, 4.69) is 9.97 Å². The van der Waals surface area contributed by atoms with Crippen molar-refractivity contribution in [3.05, 3.63) is 23.3 Å². The molecule has 0 spiro atoms. The van der Waals surface area contributed by atoms with Crippen molar-refractivity contribution in [2.24, 2.45) is 0 Å². The molecular weight excluding hydrogens is 126 g/mol. The van der Waals surface area contributed by atoms with Gasteiger partial charge in [0.05, 0.1) is 0 Å². The second-order valence-electron chi connectivity index (χ2n) is 2.07. The summed E-state index contributed by atoms with van der Waals surface area (Å²) in [5.74, 6) is 0.239. The SMILES string of the molecule is Cc1cnc(C#N)nc1C. The Bertz CT molecular complexity index is 285. The highest BCUT2D eigenvalue weighted by Gasteiger charge is 1.95. The summed E-state index contributed by atoms with van der Waals surface area (Å²) in [5, 5.41) is 8.38. The van der Waals surface area contributed by atoms with Gasteiger partial charge in [0.15, 0.2) is 0 Å². The molecule has 0 radical (unpaired) electrons. The molecule has 0 aliphatic rings. The van der Waals surface area contributed by atoms with Crippen molar-refractivity contribution < 1.29 is 0 Å². The first-order chi connectivity index (χ1) is 4.74. The fraction of sp³-hybridized carbons (Fsp3) is 0.286. The molecule has 3 nitrogen and oxygen atoms in total. The van der Waals surface area contributed by atoms with Crippen LogP contribution in [0.4, 0.5) is 0 Å². The molecule has 10 heavy (non-hydrogen) atoms. The van der Waals surface area contributed by atoms with Crippen molar-refractivity contribution in [3.8, 4) is 6.07 Å². The highest BCUT2D eigenvalue weighted by molar-refractivity contribution is 5.18. The molecular formula is C7H7N3. The van der Waals surface area contributed by atoms with Gasteiger partial charge in [0, 0.05) is 11.9 Å². The van der Waals surface area contributed by atoms with E-state index in [-0.39, 0.29) is 5.82 Å². The summed E-state index contributed by atoms with van der Waals surface area (Å²) in [7, 11) is 0. The fourth-order valence-electron chi connectivity index (χ4n) is 0.581. The first-order valence-corrected chi connectivity index (χ1v) is 2.94. The third-order valence-electron chi connectivity index (χ3n) is 1.32. The van der Waals surface area contributed by atoms with Crippen LogP contribution in [0.2, 0.25) is 0 Å². The van der Waals surface area contributed by atoms with Gasteiger partial charge in [-0.15, -0.1) is 0 Å². The maximum absolute atomic E-state index is 8.38. The van der Waals surface area contributed by atoms with Crippen LogP contribution in [0.3, 0.4) is 0 Å². The Kier molecular flexibility index (Phi) is 1.63. The van der Waals surface area contributed by atoms with Crippen LogP contribution >= 0.6 is 0 Å². The second kappa shape index (κ2) is 2.44. The molecule has 0 saturated carbocycles. The van der Waals surface area contributed by atoms with Crippen molar-refractivity contribution in [1.82, 2.24) is 9.97 Å². The molecule has 0 bridgehead atoms. The van der Waals surface area contributed by atoms with Crippen LogP contribution in [0.25, 0.3) is 0 Å². The van der Waals surface area contributed by atoms with E-state index in [0.29, 0.717) is 0 Å². The predicted octanol–water partition coefficient (Wildman–Crippen LogP) is 0.965. The van der Waals surface area contributed by atoms with Crippen LogP contribution in [0.5, 0.6) is 0 Å². The van der Waals surface area contributed by atoms with Crippen LogP contribution in [0, 0.1) is 25.2 Å². The Morgan fingerprint density at radius 3 is 2.70 bits per heavy atom. The summed E-state index contributed by atoms with van der Waals surface area (Å²) in [6, 6.07) is 1.87. The summed E-state index contributed by atoms with van der Waals surface area (Å²) in [6.07, 6.45) is 1.65. The smallest absolute Gasteiger partial charge is 0.227 e. The molecule has 1 heterocycles. The molecule has 0 fully saturated rings. The van der Waals surface area contributed by atoms with Crippen LogP contribution in [-0.2, 0) is 0 Å². The zero-order valence-electron chi connectivity index (χ0n) is 5.92. The van der Waals surface area contributed by atoms with E-state index < -0.39 is 0 Å². The Balaban J connectivity index is 3.20. The van der Waals surface area contributed by atoms with Gasteiger partial charge in [-0.2, -0.15) is 5.26 Å². The number of hydrogen-bond donors (Lipinski definition) is 0. The topological polar surface area (TPSA) is 49.6 Å². The first kappa shape index (κ1) is 6.69. The monoisotopic (exact) mass is 133 g/mol. The van der Waals surface area contributed by atoms with E-state index in [1.807, 2.05) is 19.9 Å². The number of nitriles is 1. The van der Waals surface area contributed by atoms with Crippen LogP contribution < -0.4 is 0 Å². The third kappa shape index (κ3) is 1.11. The largest absolute Gasteiger partial charge is 0.232 e. The second-order valence-corrected chi connectivity index (χ2v) is 2.07. The number of nitrogens with zero attached hydrogens (tertiary/aromatic N) is 3. The highest BCUT2D eigenvalue weighted by Crippen LogP contribution is 1.99. The minimum absolute atomic E-state index is 0.239. The maximum Gasteiger partial charge on any atom is 0.232 e. The van der Waals surface area contributed by atoms with Gasteiger partial charge < -0.3 is 0 Å². The lowest BCUT2D eigenvalue weighted by Crippen LogP contribution is -1.93. The lowest BCUT2D eigenvalue weighted by molar-refractivity contribution is 1.03. The molecule has 0 amide bonds. The molecule has 0 aromatic carbocycles. The van der Waals surface area contributed by atoms with Gasteiger partial charge in [-0.1, -0.05) is 0 Å². The molecule has 1 aromatic heterocycles. The molecule has 0 aliphatic carbocycles. The summed E-state index contributed by atoms with van der Waals surface area (Å²) in [6.45, 7) is 3.77. The third-order valence-corrected chi connectivity index (χ3v) is 1.32. The number of aryl methyl sites for hydroxylation is 2. The summed E-state index contributed by atoms with van der Waals surface area (Å²) < 4.78 is 0. The quantitative estimate of drug-likeness (QED) is 0.529. The molecule has 0 atom stereocenters. The summed E-state index contributed by atoms with van der Waals surface area (Å²) >= 11 is 0. The van der Waals surface area contributed by atoms with E-state index in [1.165, 1.54) is 0 Å². The van der Waals surface area contributed by atoms with E-state index in [9.17, 15) is 0 Å². The van der Waals surface area contributed by atoms with Crippen LogP contribution in [0.1, 0.15) is 17.1 Å². The zero-order valence-corrected chi connectivity index (χ0v) is 5.92. The van der Waals surface area contributed by atoms with Gasteiger partial charge in [0.2, 0.25) is 5.82 Å². The van der Waals surface area contributed by atoms with Crippen molar-refractivity contribution in [2.45, 2.75) is 13.8 Å². The average Bonchev–Trinajstić information content (AvgIpc) is 1.95. The Morgan fingerprint density at radius 2 is 2.20 bits per heavy atom. The maximum atomic E-state index is 8.38. The zero-order chi connectivity index (χ0) is 7.56. The van der Waals surface area contributed by atoms with E-state index >= 15 is 0 Å². The molecule has 3 heteroatoms. The summed E-state index contributed by atoms with van der Waals surface area (Å²) in [5.41, 5.74) is 1.88. The lowest BCUT2D eigenvalue weighted by atomic mass is 10.3. The predicted molar refractivity (Wildman–Crippen MR) is 36.2 cm³/mol. The Hall–Kier alpha value is -1.43. The minimum Gasteiger partial charge on any atom is -0.227 e.